The minimum Gasteiger partial charge on any atom is -0.392 e. The van der Waals surface area contributed by atoms with E-state index in [1.807, 2.05) is 0 Å². The second kappa shape index (κ2) is 8.56. The third-order valence-corrected chi connectivity index (χ3v) is 4.53. The molecule has 1 atom stereocenters. The molecule has 3 nitrogen and oxygen atoms in total. The summed E-state index contributed by atoms with van der Waals surface area (Å²) in [7, 11) is 0. The van der Waals surface area contributed by atoms with Crippen molar-refractivity contribution in [1.29, 1.82) is 0 Å². The Kier molecular flexibility index (Phi) is 7.72. The first kappa shape index (κ1) is 28.9. The zero-order valence-electron chi connectivity index (χ0n) is 15.3. The normalized spacial score (nSPS) is 19.9. The molecule has 0 spiro atoms. The maximum Gasteiger partial charge on any atom is 0.438 e. The standard InChI is InChI=1S/C14H14F15NO2/c15-8(16,5-7(31)6-30-1-3-32-4-2-30)10(18,19)12(22,23)11(20,21)9(17,13(24,25)26)14(27,28)29/h7,31H,1-6H2. The second-order valence-corrected chi connectivity index (χ2v) is 6.85. The summed E-state index contributed by atoms with van der Waals surface area (Å²) in [6.07, 6.45) is -21.4. The molecule has 1 fully saturated rings. The van der Waals surface area contributed by atoms with Crippen LogP contribution >= 0.6 is 0 Å². The molecule has 0 saturated carbocycles. The van der Waals surface area contributed by atoms with E-state index in [1.165, 1.54) is 0 Å². The van der Waals surface area contributed by atoms with Gasteiger partial charge in [0, 0.05) is 26.1 Å². The van der Waals surface area contributed by atoms with Crippen LogP contribution in [0, 0.1) is 0 Å². The van der Waals surface area contributed by atoms with E-state index in [1.54, 1.807) is 0 Å². The van der Waals surface area contributed by atoms with Crippen molar-refractivity contribution in [3.63, 3.8) is 0 Å². The van der Waals surface area contributed by atoms with E-state index in [4.69, 9.17) is 4.74 Å². The predicted octanol–water partition coefficient (Wildman–Crippen LogP) is 4.44. The number of β-amino-alcohol motifs (C(OH)–C–C–N with tert-alkyl or cyclic N) is 1. The number of alkyl halides is 15. The fraction of sp³-hybridized carbons (Fsp3) is 1.00. The van der Waals surface area contributed by atoms with Crippen molar-refractivity contribution in [2.45, 2.75) is 54.2 Å². The van der Waals surface area contributed by atoms with Crippen molar-refractivity contribution >= 4 is 0 Å². The van der Waals surface area contributed by atoms with Crippen LogP contribution in [-0.4, -0.2) is 90.7 Å². The summed E-state index contributed by atoms with van der Waals surface area (Å²) in [5.74, 6) is -30.8. The average Bonchev–Trinajstić information content (AvgIpc) is 2.58. The molecule has 0 aliphatic carbocycles. The van der Waals surface area contributed by atoms with Crippen molar-refractivity contribution in [1.82, 2.24) is 4.90 Å². The Labute approximate surface area is 169 Å². The number of ether oxygens (including phenoxy) is 1. The molecule has 0 aromatic rings. The van der Waals surface area contributed by atoms with Gasteiger partial charge in [0.2, 0.25) is 0 Å². The minimum absolute atomic E-state index is 0.0307. The highest BCUT2D eigenvalue weighted by atomic mass is 19.4. The highest BCUT2D eigenvalue weighted by Crippen LogP contribution is 2.64. The summed E-state index contributed by atoms with van der Waals surface area (Å²) in [6, 6.07) is 0. The molecule has 0 aromatic carbocycles. The van der Waals surface area contributed by atoms with Gasteiger partial charge in [-0.3, -0.25) is 4.90 Å². The summed E-state index contributed by atoms with van der Waals surface area (Å²) in [6.45, 7) is -1.15. The minimum atomic E-state index is -8.45. The predicted molar refractivity (Wildman–Crippen MR) is 73.6 cm³/mol. The van der Waals surface area contributed by atoms with Crippen molar-refractivity contribution in [2.24, 2.45) is 0 Å². The van der Waals surface area contributed by atoms with Gasteiger partial charge in [0.15, 0.2) is 0 Å². The van der Waals surface area contributed by atoms with E-state index in [0.717, 1.165) is 4.90 Å². The summed E-state index contributed by atoms with van der Waals surface area (Å²) in [4.78, 5) is 1.08. The number of hydrogen-bond donors (Lipinski definition) is 1. The quantitative estimate of drug-likeness (QED) is 0.488. The van der Waals surface area contributed by atoms with Crippen molar-refractivity contribution < 1.29 is 75.7 Å². The van der Waals surface area contributed by atoms with Crippen LogP contribution < -0.4 is 0 Å². The molecule has 1 saturated heterocycles. The Morgan fingerprint density at radius 1 is 0.656 bits per heavy atom. The molecule has 18 heteroatoms. The van der Waals surface area contributed by atoms with E-state index in [2.05, 4.69) is 0 Å². The van der Waals surface area contributed by atoms with Crippen LogP contribution in [-0.2, 0) is 4.74 Å². The number of nitrogens with zero attached hydrogens (tertiary/aromatic N) is 1. The third-order valence-electron chi connectivity index (χ3n) is 4.53. The molecule has 1 unspecified atom stereocenters. The molecule has 0 amide bonds. The van der Waals surface area contributed by atoms with Gasteiger partial charge in [-0.05, 0) is 0 Å². The van der Waals surface area contributed by atoms with Gasteiger partial charge in [-0.15, -0.1) is 0 Å². The lowest BCUT2D eigenvalue weighted by atomic mass is 9.85. The molecule has 0 aromatic heterocycles. The zero-order chi connectivity index (χ0) is 25.6. The van der Waals surface area contributed by atoms with Gasteiger partial charge in [0.25, 0.3) is 0 Å². The fourth-order valence-electron chi connectivity index (χ4n) is 2.73. The number of halogens is 15. The number of morpholine rings is 1. The van der Waals surface area contributed by atoms with Gasteiger partial charge in [-0.2, -0.15) is 61.5 Å². The molecule has 1 aliphatic rings. The molecule has 192 valence electrons. The molecule has 0 radical (unpaired) electrons. The first-order chi connectivity index (χ1) is 14.0. The summed E-state index contributed by atoms with van der Waals surface area (Å²) < 4.78 is 202. The molecular formula is C14H14F15NO2. The third kappa shape index (κ3) is 4.58. The van der Waals surface area contributed by atoms with Gasteiger partial charge >= 0.3 is 41.7 Å². The van der Waals surface area contributed by atoms with Gasteiger partial charge in [0.1, 0.15) is 0 Å². The Hall–Kier alpha value is -1.17. The Morgan fingerprint density at radius 3 is 1.44 bits per heavy atom. The van der Waals surface area contributed by atoms with Crippen LogP contribution in [0.1, 0.15) is 6.42 Å². The Balaban J connectivity index is 3.32. The highest BCUT2D eigenvalue weighted by Gasteiger charge is 2.95. The highest BCUT2D eigenvalue weighted by molar-refractivity contribution is 5.16. The zero-order valence-corrected chi connectivity index (χ0v) is 15.3. The Bertz CT molecular complexity index is 625. The van der Waals surface area contributed by atoms with Gasteiger partial charge in [-0.1, -0.05) is 0 Å². The summed E-state index contributed by atoms with van der Waals surface area (Å²) in [5.41, 5.74) is -8.32. The topological polar surface area (TPSA) is 32.7 Å². The smallest absolute Gasteiger partial charge is 0.392 e. The second-order valence-electron chi connectivity index (χ2n) is 6.85. The Morgan fingerprint density at radius 2 is 1.06 bits per heavy atom. The van der Waals surface area contributed by atoms with Crippen molar-refractivity contribution in [3.05, 3.63) is 0 Å². The maximum absolute atomic E-state index is 13.8. The fourth-order valence-corrected chi connectivity index (χ4v) is 2.73. The van der Waals surface area contributed by atoms with Crippen LogP contribution in [0.25, 0.3) is 0 Å². The van der Waals surface area contributed by atoms with Gasteiger partial charge < -0.3 is 9.84 Å². The average molecular weight is 513 g/mol. The van der Waals surface area contributed by atoms with Crippen LogP contribution in [0.4, 0.5) is 65.9 Å². The van der Waals surface area contributed by atoms with Crippen molar-refractivity contribution in [2.75, 3.05) is 32.8 Å². The lowest BCUT2D eigenvalue weighted by molar-refractivity contribution is -0.457. The molecule has 1 aliphatic heterocycles. The van der Waals surface area contributed by atoms with Gasteiger partial charge in [-0.25, -0.2) is 4.39 Å². The maximum atomic E-state index is 13.8. The molecular weight excluding hydrogens is 499 g/mol. The van der Waals surface area contributed by atoms with Gasteiger partial charge in [0.05, 0.1) is 19.3 Å². The van der Waals surface area contributed by atoms with Crippen LogP contribution in [0.3, 0.4) is 0 Å². The van der Waals surface area contributed by atoms with Crippen LogP contribution in [0.15, 0.2) is 0 Å². The largest absolute Gasteiger partial charge is 0.438 e. The van der Waals surface area contributed by atoms with E-state index in [9.17, 15) is 71.0 Å². The molecule has 1 heterocycles. The number of hydrogen-bond acceptors (Lipinski definition) is 3. The summed E-state index contributed by atoms with van der Waals surface area (Å²) >= 11 is 0. The number of aliphatic hydroxyl groups is 1. The molecule has 1 N–H and O–H groups in total. The lowest BCUT2D eigenvalue weighted by Crippen LogP contribution is -2.75. The number of rotatable bonds is 8. The molecule has 0 bridgehead atoms. The van der Waals surface area contributed by atoms with E-state index < -0.39 is 60.8 Å². The van der Waals surface area contributed by atoms with E-state index in [0.29, 0.717) is 0 Å². The lowest BCUT2D eigenvalue weighted by Gasteiger charge is -2.43. The first-order valence-corrected chi connectivity index (χ1v) is 8.29. The number of aliphatic hydroxyl groups excluding tert-OH is 1. The van der Waals surface area contributed by atoms with Crippen LogP contribution in [0.5, 0.6) is 0 Å². The molecule has 1 rings (SSSR count). The molecule has 32 heavy (non-hydrogen) atoms. The van der Waals surface area contributed by atoms with E-state index >= 15 is 0 Å². The van der Waals surface area contributed by atoms with E-state index in [-0.39, 0.29) is 26.3 Å². The SMILES string of the molecule is OC(CN1CCOCC1)CC(F)(F)C(F)(F)C(F)(F)C(F)(F)C(F)(C(F)(F)F)C(F)(F)F. The van der Waals surface area contributed by atoms with Crippen LogP contribution in [0.2, 0.25) is 0 Å². The van der Waals surface area contributed by atoms with Crippen molar-refractivity contribution in [3.8, 4) is 0 Å². The first-order valence-electron chi connectivity index (χ1n) is 8.29. The summed E-state index contributed by atoms with van der Waals surface area (Å²) in [5, 5.41) is 9.43. The monoisotopic (exact) mass is 513 g/mol.